The molecule has 4 nitrogen and oxygen atoms in total. The molecule has 0 aliphatic heterocycles. The van der Waals surface area contributed by atoms with Gasteiger partial charge in [0.15, 0.2) is 0 Å². The highest BCUT2D eigenvalue weighted by molar-refractivity contribution is 9.10. The van der Waals surface area contributed by atoms with Crippen LogP contribution in [-0.2, 0) is 4.74 Å². The van der Waals surface area contributed by atoms with Gasteiger partial charge in [-0.05, 0) is 53.7 Å². The predicted molar refractivity (Wildman–Crippen MR) is 88.6 cm³/mol. The third kappa shape index (κ3) is 3.19. The van der Waals surface area contributed by atoms with E-state index < -0.39 is 0 Å². The minimum Gasteiger partial charge on any atom is -0.383 e. The van der Waals surface area contributed by atoms with Gasteiger partial charge < -0.3 is 9.64 Å². The summed E-state index contributed by atoms with van der Waals surface area (Å²) < 4.78 is 6.25. The van der Waals surface area contributed by atoms with Gasteiger partial charge in [-0.15, -0.1) is 0 Å². The maximum absolute atomic E-state index is 5.29. The van der Waals surface area contributed by atoms with Crippen LogP contribution in [0.5, 0.6) is 0 Å². The van der Waals surface area contributed by atoms with Crippen LogP contribution in [0.1, 0.15) is 19.8 Å². The van der Waals surface area contributed by atoms with Crippen molar-refractivity contribution in [1.29, 1.82) is 0 Å². The number of halogens is 1. The summed E-state index contributed by atoms with van der Waals surface area (Å²) in [4.78, 5) is 11.4. The largest absolute Gasteiger partial charge is 0.383 e. The van der Waals surface area contributed by atoms with Gasteiger partial charge in [-0.1, -0.05) is 0 Å². The highest BCUT2D eigenvalue weighted by atomic mass is 79.9. The van der Waals surface area contributed by atoms with Crippen molar-refractivity contribution in [3.05, 3.63) is 29.0 Å². The molecule has 1 saturated carbocycles. The van der Waals surface area contributed by atoms with Crippen molar-refractivity contribution in [1.82, 2.24) is 9.97 Å². The predicted octanol–water partition coefficient (Wildman–Crippen LogP) is 3.64. The van der Waals surface area contributed by atoms with Gasteiger partial charge in [0.05, 0.1) is 17.8 Å². The van der Waals surface area contributed by atoms with Gasteiger partial charge >= 0.3 is 0 Å². The van der Waals surface area contributed by atoms with Gasteiger partial charge in [0.1, 0.15) is 5.52 Å². The Bertz CT molecular complexity index is 630. The lowest BCUT2D eigenvalue weighted by Gasteiger charge is -2.31. The first-order valence-corrected chi connectivity index (χ1v) is 8.16. The van der Waals surface area contributed by atoms with E-state index >= 15 is 0 Å². The fraction of sp³-hybridized carbons (Fsp3) is 0.500. The Labute approximate surface area is 133 Å². The first kappa shape index (κ1) is 14.7. The van der Waals surface area contributed by atoms with Crippen LogP contribution >= 0.6 is 15.9 Å². The zero-order valence-corrected chi connectivity index (χ0v) is 14.0. The molecule has 0 N–H and O–H groups in total. The van der Waals surface area contributed by atoms with Crippen molar-refractivity contribution in [3.8, 4) is 0 Å². The molecule has 3 rings (SSSR count). The molecule has 1 fully saturated rings. The lowest BCUT2D eigenvalue weighted by atomic mass is 10.1. The van der Waals surface area contributed by atoms with Crippen LogP contribution in [0.3, 0.4) is 0 Å². The molecule has 0 aromatic carbocycles. The fourth-order valence-corrected chi connectivity index (χ4v) is 3.11. The maximum atomic E-state index is 5.29. The number of fused-ring (bicyclic) bond motifs is 1. The van der Waals surface area contributed by atoms with Crippen molar-refractivity contribution in [3.63, 3.8) is 0 Å². The van der Waals surface area contributed by atoms with Crippen molar-refractivity contribution in [2.45, 2.75) is 25.8 Å². The maximum Gasteiger partial charge on any atom is 0.112 e. The van der Waals surface area contributed by atoms with Crippen LogP contribution in [-0.4, -0.2) is 36.3 Å². The first-order valence-electron chi connectivity index (χ1n) is 7.36. The molecular weight excluding hydrogens is 330 g/mol. The second-order valence-electron chi connectivity index (χ2n) is 5.62. The SMILES string of the molecule is COCCN(c1ccnc2cc(Br)cnc12)C(C)C1CC1. The molecule has 0 radical (unpaired) electrons. The van der Waals surface area contributed by atoms with Crippen LogP contribution in [0.25, 0.3) is 11.0 Å². The molecular formula is C16H20BrN3O. The lowest BCUT2D eigenvalue weighted by molar-refractivity contribution is 0.203. The van der Waals surface area contributed by atoms with Gasteiger partial charge in [0.25, 0.3) is 0 Å². The normalized spacial score (nSPS) is 16.1. The van der Waals surface area contributed by atoms with Gasteiger partial charge in [-0.25, -0.2) is 0 Å². The summed E-state index contributed by atoms with van der Waals surface area (Å²) in [5.41, 5.74) is 3.04. The van der Waals surface area contributed by atoms with Crippen LogP contribution in [0.2, 0.25) is 0 Å². The standard InChI is InChI=1S/C16H20BrN3O/c1-11(12-3-4-12)20(7-8-21-2)15-5-6-18-14-9-13(17)10-19-16(14)15/h5-6,9-12H,3-4,7-8H2,1-2H3. The summed E-state index contributed by atoms with van der Waals surface area (Å²) in [6, 6.07) is 4.59. The monoisotopic (exact) mass is 349 g/mol. The average molecular weight is 350 g/mol. The Morgan fingerprint density at radius 3 is 2.95 bits per heavy atom. The van der Waals surface area contributed by atoms with E-state index in [4.69, 9.17) is 4.74 Å². The van der Waals surface area contributed by atoms with E-state index in [0.29, 0.717) is 6.04 Å². The summed E-state index contributed by atoms with van der Waals surface area (Å²) in [6.45, 7) is 3.90. The number of hydrogen-bond donors (Lipinski definition) is 0. The molecule has 1 aliphatic carbocycles. The highest BCUT2D eigenvalue weighted by Gasteiger charge is 2.32. The van der Waals surface area contributed by atoms with Crippen molar-refractivity contribution in [2.75, 3.05) is 25.2 Å². The number of hydrogen-bond acceptors (Lipinski definition) is 4. The summed E-state index contributed by atoms with van der Waals surface area (Å²) in [7, 11) is 1.75. The van der Waals surface area contributed by atoms with E-state index in [9.17, 15) is 0 Å². The molecule has 21 heavy (non-hydrogen) atoms. The van der Waals surface area contributed by atoms with Crippen LogP contribution in [0.15, 0.2) is 29.0 Å². The van der Waals surface area contributed by atoms with E-state index in [1.165, 1.54) is 12.8 Å². The molecule has 0 saturated heterocycles. The van der Waals surface area contributed by atoms with E-state index in [2.05, 4.69) is 43.8 Å². The summed E-state index contributed by atoms with van der Waals surface area (Å²) in [6.07, 6.45) is 6.36. The van der Waals surface area contributed by atoms with Crippen molar-refractivity contribution >= 4 is 32.7 Å². The van der Waals surface area contributed by atoms with E-state index in [-0.39, 0.29) is 0 Å². The van der Waals surface area contributed by atoms with Crippen LogP contribution < -0.4 is 4.90 Å². The summed E-state index contributed by atoms with van der Waals surface area (Å²) in [5, 5.41) is 0. The number of methoxy groups -OCH3 is 1. The molecule has 1 atom stereocenters. The molecule has 2 aromatic rings. The first-order chi connectivity index (χ1) is 10.2. The Morgan fingerprint density at radius 2 is 2.24 bits per heavy atom. The molecule has 0 amide bonds. The number of ether oxygens (including phenoxy) is 1. The third-order valence-electron chi connectivity index (χ3n) is 4.16. The Kier molecular flexibility index (Phi) is 4.40. The molecule has 1 aliphatic rings. The number of aromatic nitrogens is 2. The molecule has 0 spiro atoms. The highest BCUT2D eigenvalue weighted by Crippen LogP contribution is 2.38. The Balaban J connectivity index is 2.01. The van der Waals surface area contributed by atoms with Gasteiger partial charge in [-0.3, -0.25) is 9.97 Å². The average Bonchev–Trinajstić information content (AvgIpc) is 3.31. The topological polar surface area (TPSA) is 38.2 Å². The summed E-state index contributed by atoms with van der Waals surface area (Å²) >= 11 is 3.46. The van der Waals surface area contributed by atoms with Gasteiger partial charge in [-0.2, -0.15) is 0 Å². The van der Waals surface area contributed by atoms with Crippen LogP contribution in [0.4, 0.5) is 5.69 Å². The van der Waals surface area contributed by atoms with Crippen molar-refractivity contribution < 1.29 is 4.74 Å². The van der Waals surface area contributed by atoms with E-state index in [1.807, 2.05) is 18.5 Å². The summed E-state index contributed by atoms with van der Waals surface area (Å²) in [5.74, 6) is 0.792. The minimum atomic E-state index is 0.510. The smallest absolute Gasteiger partial charge is 0.112 e. The fourth-order valence-electron chi connectivity index (χ4n) is 2.79. The lowest BCUT2D eigenvalue weighted by Crippen LogP contribution is -2.37. The molecule has 5 heteroatoms. The molecule has 1 unspecified atom stereocenters. The van der Waals surface area contributed by atoms with Crippen LogP contribution in [0, 0.1) is 5.92 Å². The van der Waals surface area contributed by atoms with Gasteiger partial charge in [0, 0.05) is 36.6 Å². The minimum absolute atomic E-state index is 0.510. The number of rotatable bonds is 6. The van der Waals surface area contributed by atoms with Gasteiger partial charge in [0.2, 0.25) is 0 Å². The van der Waals surface area contributed by atoms with E-state index in [0.717, 1.165) is 40.3 Å². The molecule has 0 bridgehead atoms. The molecule has 112 valence electrons. The molecule has 2 heterocycles. The zero-order chi connectivity index (χ0) is 14.8. The second-order valence-corrected chi connectivity index (χ2v) is 6.53. The number of nitrogens with zero attached hydrogens (tertiary/aromatic N) is 3. The third-order valence-corrected chi connectivity index (χ3v) is 4.60. The Hall–Kier alpha value is -1.20. The quantitative estimate of drug-likeness (QED) is 0.797. The zero-order valence-electron chi connectivity index (χ0n) is 12.4. The number of pyridine rings is 2. The van der Waals surface area contributed by atoms with E-state index in [1.54, 1.807) is 7.11 Å². The Morgan fingerprint density at radius 1 is 1.43 bits per heavy atom. The molecule has 2 aromatic heterocycles. The second kappa shape index (κ2) is 6.28. The van der Waals surface area contributed by atoms with Crippen molar-refractivity contribution in [2.24, 2.45) is 5.92 Å². The number of anilines is 1.